The number of hydrogen-bond donors (Lipinski definition) is 1. The number of anilines is 1. The molecule has 1 aliphatic rings. The number of rotatable bonds is 6. The molecule has 0 unspecified atom stereocenters. The average Bonchev–Trinajstić information content (AvgIpc) is 3.19. The smallest absolute Gasteiger partial charge is 0.343 e. The van der Waals surface area contributed by atoms with Crippen molar-refractivity contribution in [3.63, 3.8) is 0 Å². The van der Waals surface area contributed by atoms with E-state index in [1.54, 1.807) is 38.3 Å². The van der Waals surface area contributed by atoms with Gasteiger partial charge in [0.15, 0.2) is 0 Å². The number of fused-ring (bicyclic) bond motifs is 1. The van der Waals surface area contributed by atoms with Gasteiger partial charge in [0.25, 0.3) is 5.56 Å². The minimum Gasteiger partial charge on any atom is -0.497 e. The fourth-order valence-electron chi connectivity index (χ4n) is 3.81. The number of aromatic nitrogens is 3. The summed E-state index contributed by atoms with van der Waals surface area (Å²) in [5.41, 5.74) is 1.52. The third-order valence-electron chi connectivity index (χ3n) is 5.43. The standard InChI is InChI=1S/C23H25N5O3/c1-3-4-10-28-21(26-11-8-24-9-12-26)14-19-22(28)23(30)27(16-25-19)15-20(29)17-6-5-7-18(13-17)31-2/h5-7,13-14,16,24H,8-12,15H2,1-2H3/p+1. The molecule has 2 N–H and O–H groups in total. The molecule has 0 atom stereocenters. The SMILES string of the molecule is CC#CCn1c(N2CCNCC2)cc2ncn(CC(=[OH+])c3cccc(OC)c3)c(=O)c21. The van der Waals surface area contributed by atoms with E-state index in [-0.39, 0.29) is 17.9 Å². The molecule has 1 aromatic carbocycles. The van der Waals surface area contributed by atoms with Crippen molar-refractivity contribution >= 4 is 22.6 Å². The van der Waals surface area contributed by atoms with E-state index in [1.165, 1.54) is 10.9 Å². The number of ketones is 1. The lowest BCUT2D eigenvalue weighted by molar-refractivity contribution is 0.414. The van der Waals surface area contributed by atoms with Crippen LogP contribution in [-0.2, 0) is 13.1 Å². The zero-order chi connectivity index (χ0) is 21.8. The summed E-state index contributed by atoms with van der Waals surface area (Å²) in [6.45, 7) is 5.70. The first-order chi connectivity index (χ1) is 15.1. The van der Waals surface area contributed by atoms with Crippen LogP contribution in [0, 0.1) is 11.8 Å². The van der Waals surface area contributed by atoms with E-state index in [0.29, 0.717) is 28.9 Å². The summed E-state index contributed by atoms with van der Waals surface area (Å²) < 4.78 is 8.58. The van der Waals surface area contributed by atoms with Crippen LogP contribution in [0.15, 0.2) is 41.5 Å². The Kier molecular flexibility index (Phi) is 6.05. The fraction of sp³-hybridized carbons (Fsp3) is 0.348. The second kappa shape index (κ2) is 9.06. The number of nitrogens with one attached hydrogen (secondary N) is 1. The molecule has 3 heterocycles. The van der Waals surface area contributed by atoms with Crippen molar-refractivity contribution < 1.29 is 9.53 Å². The van der Waals surface area contributed by atoms with Gasteiger partial charge in [0, 0.05) is 32.2 Å². The van der Waals surface area contributed by atoms with Crippen LogP contribution in [-0.4, -0.2) is 58.0 Å². The highest BCUT2D eigenvalue weighted by Gasteiger charge is 2.22. The third-order valence-corrected chi connectivity index (χ3v) is 5.43. The van der Waals surface area contributed by atoms with E-state index >= 15 is 0 Å². The molecular weight excluding hydrogens is 394 g/mol. The van der Waals surface area contributed by atoms with Crippen molar-refractivity contribution in [2.45, 2.75) is 20.0 Å². The van der Waals surface area contributed by atoms with Crippen LogP contribution in [0.3, 0.4) is 0 Å². The summed E-state index contributed by atoms with van der Waals surface area (Å²) in [6, 6.07) is 9.05. The molecule has 0 radical (unpaired) electrons. The molecule has 4 rings (SSSR count). The van der Waals surface area contributed by atoms with Crippen LogP contribution in [0.4, 0.5) is 5.82 Å². The molecule has 0 saturated carbocycles. The van der Waals surface area contributed by atoms with Crippen molar-refractivity contribution in [2.24, 2.45) is 0 Å². The Bertz CT molecular complexity index is 1230. The Morgan fingerprint density at radius 1 is 1.29 bits per heavy atom. The number of methoxy groups -OCH3 is 1. The van der Waals surface area contributed by atoms with Crippen LogP contribution in [0.25, 0.3) is 11.0 Å². The van der Waals surface area contributed by atoms with Gasteiger partial charge in [-0.25, -0.2) is 4.98 Å². The van der Waals surface area contributed by atoms with E-state index in [4.69, 9.17) is 4.74 Å². The van der Waals surface area contributed by atoms with Gasteiger partial charge in [-0.1, -0.05) is 12.0 Å². The van der Waals surface area contributed by atoms with Crippen LogP contribution in [0.1, 0.15) is 12.5 Å². The van der Waals surface area contributed by atoms with Gasteiger partial charge in [-0.05, 0) is 25.1 Å². The summed E-state index contributed by atoms with van der Waals surface area (Å²) in [5.74, 6) is 7.64. The molecule has 0 aliphatic carbocycles. The molecule has 2 aromatic heterocycles. The van der Waals surface area contributed by atoms with Crippen molar-refractivity contribution in [2.75, 3.05) is 38.2 Å². The molecule has 160 valence electrons. The number of benzene rings is 1. The van der Waals surface area contributed by atoms with E-state index < -0.39 is 0 Å². The molecule has 31 heavy (non-hydrogen) atoms. The minimum absolute atomic E-state index is 0.0164. The van der Waals surface area contributed by atoms with Crippen molar-refractivity contribution in [1.82, 2.24) is 19.4 Å². The van der Waals surface area contributed by atoms with Gasteiger partial charge in [0.1, 0.15) is 23.6 Å². The predicted molar refractivity (Wildman–Crippen MR) is 122 cm³/mol. The monoisotopic (exact) mass is 420 g/mol. The number of piperazine rings is 1. The lowest BCUT2D eigenvalue weighted by atomic mass is 10.1. The first kappa shape index (κ1) is 20.7. The summed E-state index contributed by atoms with van der Waals surface area (Å²) in [5, 5.41) is 3.35. The summed E-state index contributed by atoms with van der Waals surface area (Å²) >= 11 is 0. The quantitative estimate of drug-likeness (QED) is 0.368. The van der Waals surface area contributed by atoms with Crippen molar-refractivity contribution in [3.05, 3.63) is 52.6 Å². The summed E-state index contributed by atoms with van der Waals surface area (Å²) in [7, 11) is 1.57. The lowest BCUT2D eigenvalue weighted by Gasteiger charge is -2.29. The van der Waals surface area contributed by atoms with Crippen LogP contribution < -0.4 is 20.5 Å². The van der Waals surface area contributed by atoms with Gasteiger partial charge in [-0.15, -0.1) is 5.92 Å². The number of nitrogens with zero attached hydrogens (tertiary/aromatic N) is 4. The molecule has 0 amide bonds. The van der Waals surface area contributed by atoms with Crippen molar-refractivity contribution in [3.8, 4) is 17.6 Å². The maximum absolute atomic E-state index is 13.4. The largest absolute Gasteiger partial charge is 0.497 e. The highest BCUT2D eigenvalue weighted by atomic mass is 16.5. The Balaban J connectivity index is 1.73. The first-order valence-corrected chi connectivity index (χ1v) is 10.3. The highest BCUT2D eigenvalue weighted by molar-refractivity contribution is 5.97. The molecule has 3 aromatic rings. The van der Waals surface area contributed by atoms with Gasteiger partial charge in [-0.2, -0.15) is 0 Å². The van der Waals surface area contributed by atoms with E-state index in [1.807, 2.05) is 10.6 Å². The first-order valence-electron chi connectivity index (χ1n) is 10.3. The van der Waals surface area contributed by atoms with Gasteiger partial charge >= 0.3 is 5.78 Å². The number of hydrogen-bond acceptors (Lipinski definition) is 5. The second-order valence-corrected chi connectivity index (χ2v) is 7.34. The van der Waals surface area contributed by atoms with Crippen LogP contribution in [0.5, 0.6) is 5.75 Å². The number of carbonyl (C=O) groups excluding carboxylic acids is 1. The number of ether oxygens (including phenoxy) is 1. The summed E-state index contributed by atoms with van der Waals surface area (Å²) in [4.78, 5) is 30.8. The molecule has 1 fully saturated rings. The molecule has 8 nitrogen and oxygen atoms in total. The topological polar surface area (TPSA) is 85.7 Å². The Morgan fingerprint density at radius 2 is 2.10 bits per heavy atom. The normalized spacial score (nSPS) is 13.7. The molecule has 0 spiro atoms. The van der Waals surface area contributed by atoms with Gasteiger partial charge in [0.2, 0.25) is 0 Å². The van der Waals surface area contributed by atoms with E-state index in [2.05, 4.69) is 27.0 Å². The maximum Gasteiger partial charge on any atom is 0.343 e. The average molecular weight is 420 g/mol. The van der Waals surface area contributed by atoms with E-state index in [9.17, 15) is 9.59 Å². The van der Waals surface area contributed by atoms with E-state index in [0.717, 1.165) is 32.0 Å². The zero-order valence-corrected chi connectivity index (χ0v) is 17.8. The van der Waals surface area contributed by atoms with Gasteiger partial charge in [-0.3, -0.25) is 14.2 Å². The lowest BCUT2D eigenvalue weighted by Crippen LogP contribution is -2.44. The minimum atomic E-state index is -0.210. The Hall–Kier alpha value is -3.57. The molecule has 8 heteroatoms. The fourth-order valence-corrected chi connectivity index (χ4v) is 3.81. The molecule has 0 bridgehead atoms. The Morgan fingerprint density at radius 3 is 2.84 bits per heavy atom. The van der Waals surface area contributed by atoms with Crippen LogP contribution in [0.2, 0.25) is 0 Å². The van der Waals surface area contributed by atoms with Crippen LogP contribution >= 0.6 is 0 Å². The zero-order valence-electron chi connectivity index (χ0n) is 17.8. The van der Waals surface area contributed by atoms with Gasteiger partial charge in [0.05, 0.1) is 31.1 Å². The van der Waals surface area contributed by atoms with Gasteiger partial charge < -0.3 is 19.5 Å². The molecule has 1 saturated heterocycles. The molecule has 1 aliphatic heterocycles. The highest BCUT2D eigenvalue weighted by Crippen LogP contribution is 2.23. The maximum atomic E-state index is 13.4. The molecular formula is C23H26N5O3+. The summed E-state index contributed by atoms with van der Waals surface area (Å²) in [6.07, 6.45) is 1.48. The Labute approximate surface area is 180 Å². The predicted octanol–water partition coefficient (Wildman–Crippen LogP) is 1.23. The third kappa shape index (κ3) is 4.18. The van der Waals surface area contributed by atoms with Crippen molar-refractivity contribution in [1.29, 1.82) is 0 Å². The second-order valence-electron chi connectivity index (χ2n) is 7.34.